The van der Waals surface area contributed by atoms with Gasteiger partial charge in [0.1, 0.15) is 5.15 Å². The Morgan fingerprint density at radius 1 is 1.35 bits per heavy atom. The molecule has 0 bridgehead atoms. The lowest BCUT2D eigenvalue weighted by Crippen LogP contribution is -2.14. The van der Waals surface area contributed by atoms with Gasteiger partial charge in [0.05, 0.1) is 16.9 Å². The summed E-state index contributed by atoms with van der Waals surface area (Å²) in [6.45, 7) is 8.02. The highest BCUT2D eigenvalue weighted by atomic mass is 79.9. The number of aldehydes is 1. The lowest BCUT2D eigenvalue weighted by Gasteiger charge is -2.15. The summed E-state index contributed by atoms with van der Waals surface area (Å²) in [5, 5.41) is 4.91. The Bertz CT molecular complexity index is 671. The van der Waals surface area contributed by atoms with Crippen molar-refractivity contribution in [3.63, 3.8) is 0 Å². The molecule has 1 heterocycles. The number of carbonyl (C=O) groups excluding carboxylic acids is 1. The van der Waals surface area contributed by atoms with Crippen LogP contribution in [0, 0.1) is 6.92 Å². The van der Waals surface area contributed by atoms with Crippen molar-refractivity contribution >= 4 is 33.8 Å². The van der Waals surface area contributed by atoms with Crippen LogP contribution in [0.5, 0.6) is 0 Å². The number of aromatic nitrogens is 2. The maximum absolute atomic E-state index is 11.3. The van der Waals surface area contributed by atoms with Crippen molar-refractivity contribution in [2.45, 2.75) is 33.1 Å². The molecule has 3 nitrogen and oxygen atoms in total. The van der Waals surface area contributed by atoms with Crippen LogP contribution in [0.15, 0.2) is 22.7 Å². The van der Waals surface area contributed by atoms with Gasteiger partial charge < -0.3 is 0 Å². The molecule has 2 aromatic rings. The molecular formula is C15H16BrClN2O. The molecule has 0 fully saturated rings. The lowest BCUT2D eigenvalue weighted by molar-refractivity contribution is 0.112. The van der Waals surface area contributed by atoms with Crippen LogP contribution in [-0.4, -0.2) is 16.1 Å². The maximum atomic E-state index is 11.3. The van der Waals surface area contributed by atoms with Crippen molar-refractivity contribution in [1.82, 2.24) is 9.78 Å². The smallest absolute Gasteiger partial charge is 0.155 e. The van der Waals surface area contributed by atoms with Gasteiger partial charge in [-0.15, -0.1) is 0 Å². The summed E-state index contributed by atoms with van der Waals surface area (Å²) in [5.41, 5.74) is 2.83. The highest BCUT2D eigenvalue weighted by Crippen LogP contribution is 2.31. The first-order chi connectivity index (χ1) is 9.25. The van der Waals surface area contributed by atoms with Gasteiger partial charge in [-0.2, -0.15) is 5.10 Å². The number of hydrogen-bond acceptors (Lipinski definition) is 2. The summed E-state index contributed by atoms with van der Waals surface area (Å²) < 4.78 is 2.63. The molecule has 0 unspecified atom stereocenters. The van der Waals surface area contributed by atoms with Crippen molar-refractivity contribution in [2.24, 2.45) is 0 Å². The second-order valence-electron chi connectivity index (χ2n) is 5.76. The standard InChI is InChI=1S/C15H16BrClN2O/c1-9-7-10(16)5-6-12(9)19-14(17)11(8-20)13(18-19)15(2,3)4/h5-8H,1-4H3. The average molecular weight is 356 g/mol. The predicted octanol–water partition coefficient (Wildman–Crippen LogP) is 4.71. The van der Waals surface area contributed by atoms with Crippen LogP contribution >= 0.6 is 27.5 Å². The lowest BCUT2D eigenvalue weighted by atomic mass is 9.90. The molecule has 0 saturated heterocycles. The van der Waals surface area contributed by atoms with E-state index in [1.54, 1.807) is 4.68 Å². The summed E-state index contributed by atoms with van der Waals surface area (Å²) in [7, 11) is 0. The van der Waals surface area contributed by atoms with Crippen molar-refractivity contribution in [1.29, 1.82) is 0 Å². The minimum atomic E-state index is -0.242. The second kappa shape index (κ2) is 5.34. The second-order valence-corrected chi connectivity index (χ2v) is 7.04. The third-order valence-electron chi connectivity index (χ3n) is 3.08. The Hall–Kier alpha value is -1.13. The Morgan fingerprint density at radius 3 is 2.45 bits per heavy atom. The SMILES string of the molecule is Cc1cc(Br)ccc1-n1nc(C(C)(C)C)c(C=O)c1Cl. The Balaban J connectivity index is 2.70. The maximum Gasteiger partial charge on any atom is 0.155 e. The van der Waals surface area contributed by atoms with E-state index >= 15 is 0 Å². The largest absolute Gasteiger partial charge is 0.298 e. The van der Waals surface area contributed by atoms with E-state index < -0.39 is 0 Å². The highest BCUT2D eigenvalue weighted by Gasteiger charge is 2.26. The third-order valence-corrected chi connectivity index (χ3v) is 3.94. The Kier molecular flexibility index (Phi) is 4.07. The van der Waals surface area contributed by atoms with E-state index in [0.717, 1.165) is 22.0 Å². The zero-order valence-corrected chi connectivity index (χ0v) is 14.2. The van der Waals surface area contributed by atoms with Crippen LogP contribution in [0.1, 0.15) is 42.4 Å². The number of hydrogen-bond donors (Lipinski definition) is 0. The normalized spacial score (nSPS) is 11.7. The summed E-state index contributed by atoms with van der Waals surface area (Å²) >= 11 is 9.77. The molecule has 0 aliphatic rings. The number of carbonyl (C=O) groups is 1. The fourth-order valence-electron chi connectivity index (χ4n) is 2.08. The topological polar surface area (TPSA) is 34.9 Å². The fraction of sp³-hybridized carbons (Fsp3) is 0.333. The van der Waals surface area contributed by atoms with Crippen LogP contribution in [0.3, 0.4) is 0 Å². The van der Waals surface area contributed by atoms with Gasteiger partial charge in [0.2, 0.25) is 0 Å². The summed E-state index contributed by atoms with van der Waals surface area (Å²) in [6.07, 6.45) is 0.778. The van der Waals surface area contributed by atoms with Gasteiger partial charge in [-0.05, 0) is 30.7 Å². The van der Waals surface area contributed by atoms with Gasteiger partial charge in [0, 0.05) is 9.89 Å². The molecule has 0 saturated carbocycles. The molecule has 106 valence electrons. The highest BCUT2D eigenvalue weighted by molar-refractivity contribution is 9.10. The number of aryl methyl sites for hydroxylation is 1. The molecule has 1 aromatic heterocycles. The molecule has 0 N–H and O–H groups in total. The molecular weight excluding hydrogens is 340 g/mol. The first-order valence-corrected chi connectivity index (χ1v) is 7.43. The van der Waals surface area contributed by atoms with Crippen molar-refractivity contribution in [3.05, 3.63) is 44.6 Å². The molecule has 1 aromatic carbocycles. The third kappa shape index (κ3) is 2.67. The van der Waals surface area contributed by atoms with E-state index in [2.05, 4.69) is 21.0 Å². The van der Waals surface area contributed by atoms with Crippen LogP contribution < -0.4 is 0 Å². The first-order valence-electron chi connectivity index (χ1n) is 6.26. The first kappa shape index (κ1) is 15.3. The number of benzene rings is 1. The van der Waals surface area contributed by atoms with E-state index in [-0.39, 0.29) is 5.41 Å². The zero-order chi connectivity index (χ0) is 15.1. The number of rotatable bonds is 2. The van der Waals surface area contributed by atoms with Crippen molar-refractivity contribution < 1.29 is 4.79 Å². The molecule has 0 aliphatic carbocycles. The molecule has 20 heavy (non-hydrogen) atoms. The minimum absolute atomic E-state index is 0.242. The Labute approximate surface area is 132 Å². The summed E-state index contributed by atoms with van der Waals surface area (Å²) in [5.74, 6) is 0. The summed E-state index contributed by atoms with van der Waals surface area (Å²) in [6, 6.07) is 5.85. The van der Waals surface area contributed by atoms with Gasteiger partial charge >= 0.3 is 0 Å². The van der Waals surface area contributed by atoms with Crippen molar-refractivity contribution in [2.75, 3.05) is 0 Å². The Morgan fingerprint density at radius 2 is 2.00 bits per heavy atom. The van der Waals surface area contributed by atoms with Crippen LogP contribution in [0.2, 0.25) is 5.15 Å². The molecule has 2 rings (SSSR count). The van der Waals surface area contributed by atoms with E-state index in [1.165, 1.54) is 0 Å². The van der Waals surface area contributed by atoms with Gasteiger partial charge in [-0.1, -0.05) is 48.3 Å². The quantitative estimate of drug-likeness (QED) is 0.731. The summed E-state index contributed by atoms with van der Waals surface area (Å²) in [4.78, 5) is 11.3. The fourth-order valence-corrected chi connectivity index (χ4v) is 2.82. The number of halogens is 2. The van der Waals surface area contributed by atoms with E-state index in [1.807, 2.05) is 45.9 Å². The van der Waals surface area contributed by atoms with E-state index in [0.29, 0.717) is 16.4 Å². The monoisotopic (exact) mass is 354 g/mol. The molecule has 0 aliphatic heterocycles. The molecule has 5 heteroatoms. The molecule has 0 radical (unpaired) electrons. The van der Waals surface area contributed by atoms with Gasteiger partial charge in [0.15, 0.2) is 6.29 Å². The average Bonchev–Trinajstić information content (AvgIpc) is 2.66. The van der Waals surface area contributed by atoms with Gasteiger partial charge in [-0.3, -0.25) is 4.79 Å². The van der Waals surface area contributed by atoms with Gasteiger partial charge in [-0.25, -0.2) is 4.68 Å². The van der Waals surface area contributed by atoms with Crippen LogP contribution in [-0.2, 0) is 5.41 Å². The predicted molar refractivity (Wildman–Crippen MR) is 85.1 cm³/mol. The minimum Gasteiger partial charge on any atom is -0.298 e. The molecule has 0 spiro atoms. The number of nitrogens with zero attached hydrogens (tertiary/aromatic N) is 2. The molecule has 0 atom stereocenters. The van der Waals surface area contributed by atoms with Gasteiger partial charge in [0.25, 0.3) is 0 Å². The molecule has 0 amide bonds. The van der Waals surface area contributed by atoms with Crippen molar-refractivity contribution in [3.8, 4) is 5.69 Å². The van der Waals surface area contributed by atoms with E-state index in [9.17, 15) is 4.79 Å². The zero-order valence-electron chi connectivity index (χ0n) is 11.9. The van der Waals surface area contributed by atoms with E-state index in [4.69, 9.17) is 11.6 Å². The van der Waals surface area contributed by atoms with Crippen LogP contribution in [0.25, 0.3) is 5.69 Å². The van der Waals surface area contributed by atoms with Crippen LogP contribution in [0.4, 0.5) is 0 Å².